The minimum Gasteiger partial charge on any atom is -0.550 e. The molecule has 0 rings (SSSR count). The molecule has 7 heteroatoms. The molecule has 3 unspecified atom stereocenters. The van der Waals surface area contributed by atoms with Gasteiger partial charge in [0.1, 0.15) is 0 Å². The number of rotatable bonds is 12. The van der Waals surface area contributed by atoms with E-state index in [1.54, 1.807) is 20.8 Å². The second-order valence-electron chi connectivity index (χ2n) is 7.09. The van der Waals surface area contributed by atoms with Crippen LogP contribution in [0.2, 0.25) is 0 Å². The summed E-state index contributed by atoms with van der Waals surface area (Å²) in [6, 6.07) is 0. The molecule has 0 amide bonds. The summed E-state index contributed by atoms with van der Waals surface area (Å²) in [6.07, 6.45) is 8.35. The smallest absolute Gasteiger partial charge is 0.550 e. The van der Waals surface area contributed by atoms with E-state index in [1.165, 1.54) is 0 Å². The predicted octanol–water partition coefficient (Wildman–Crippen LogP) is 1.31. The van der Waals surface area contributed by atoms with Gasteiger partial charge in [0.25, 0.3) is 0 Å². The molecular weight excluding hydrogens is 359 g/mol. The zero-order chi connectivity index (χ0) is 21.8. The van der Waals surface area contributed by atoms with E-state index < -0.39 is 17.9 Å². The fraction of sp³-hybridized carbons (Fsp3) is 0.857. The zero-order valence-electron chi connectivity index (χ0n) is 18.6. The van der Waals surface area contributed by atoms with Crippen LogP contribution in [0, 0.1) is 17.8 Å². The average Bonchev–Trinajstić information content (AvgIpc) is 2.62. The molecule has 162 valence electrons. The fourth-order valence-corrected chi connectivity index (χ4v) is 1.88. The van der Waals surface area contributed by atoms with Gasteiger partial charge in [-0.1, -0.05) is 80.1 Å². The molecule has 0 aliphatic rings. The van der Waals surface area contributed by atoms with Crippen LogP contribution in [0.3, 0.4) is 0 Å². The van der Waals surface area contributed by atoms with E-state index in [1.807, 2.05) is 20.8 Å². The molecule has 0 aromatic heterocycles. The van der Waals surface area contributed by atoms with E-state index in [0.717, 1.165) is 57.8 Å². The quantitative estimate of drug-likeness (QED) is 0.457. The molecule has 0 saturated heterocycles. The number of hydrogen-bond acceptors (Lipinski definition) is 6. The number of aliphatic carboxylic acids is 3. The van der Waals surface area contributed by atoms with E-state index in [9.17, 15) is 29.7 Å². The molecule has 0 aliphatic heterocycles. The van der Waals surface area contributed by atoms with Gasteiger partial charge in [-0.05, 0) is 37.0 Å². The maximum absolute atomic E-state index is 10.1. The molecule has 3 atom stereocenters. The van der Waals surface area contributed by atoms with Crippen LogP contribution in [0.25, 0.3) is 0 Å². The third-order valence-electron chi connectivity index (χ3n) is 4.18. The van der Waals surface area contributed by atoms with Crippen LogP contribution in [-0.4, -0.2) is 26.3 Å². The minimum atomic E-state index is -0.927. The summed E-state index contributed by atoms with van der Waals surface area (Å²) < 4.78 is 0. The Hall–Kier alpha value is -1.53. The van der Waals surface area contributed by atoms with Crippen molar-refractivity contribution in [3.05, 3.63) is 0 Å². The monoisotopic (exact) mass is 398 g/mol. The number of carboxylic acid groups (broad SMARTS) is 3. The third-order valence-corrected chi connectivity index (χ3v) is 4.18. The van der Waals surface area contributed by atoms with E-state index in [0.29, 0.717) is 0 Å². The van der Waals surface area contributed by atoms with Gasteiger partial charge in [-0.15, -0.1) is 0 Å². The van der Waals surface area contributed by atoms with E-state index in [-0.39, 0.29) is 26.2 Å². The van der Waals surface area contributed by atoms with Crippen molar-refractivity contribution in [3.63, 3.8) is 0 Å². The molecular formula is C21H39BO6. The summed E-state index contributed by atoms with van der Waals surface area (Å²) in [5.41, 5.74) is 0. The van der Waals surface area contributed by atoms with Crippen molar-refractivity contribution in [1.29, 1.82) is 0 Å². The number of hydrogen-bond donors (Lipinski definition) is 0. The standard InChI is InChI=1S/3C7H14O2.B/c3*1-3-4-5-6(2)7(8)9;/h3*6H,3-5H2,1-2H3,(H,8,9);/q;;;+3/p-3. The Morgan fingerprint density at radius 2 is 0.750 bits per heavy atom. The van der Waals surface area contributed by atoms with Crippen LogP contribution in [0.1, 0.15) is 99.3 Å². The number of carbonyl (C=O) groups excluding carboxylic acids is 3. The van der Waals surface area contributed by atoms with Gasteiger partial charge < -0.3 is 29.7 Å². The maximum atomic E-state index is 10.1. The Morgan fingerprint density at radius 3 is 0.857 bits per heavy atom. The summed E-state index contributed by atoms with van der Waals surface area (Å²) in [4.78, 5) is 30.3. The van der Waals surface area contributed by atoms with Crippen molar-refractivity contribution in [3.8, 4) is 0 Å². The molecule has 0 fully saturated rings. The Labute approximate surface area is 173 Å². The number of unbranched alkanes of at least 4 members (excludes halogenated alkanes) is 3. The van der Waals surface area contributed by atoms with Gasteiger partial charge in [0, 0.05) is 17.9 Å². The summed E-state index contributed by atoms with van der Waals surface area (Å²) in [7, 11) is 0. The summed E-state index contributed by atoms with van der Waals surface area (Å²) in [6.45, 7) is 11.2. The molecule has 0 heterocycles. The molecule has 0 N–H and O–H groups in total. The van der Waals surface area contributed by atoms with E-state index in [2.05, 4.69) is 0 Å². The molecule has 0 spiro atoms. The minimum absolute atomic E-state index is 0. The molecule has 0 aromatic rings. The normalized spacial score (nSPS) is 12.6. The molecule has 0 aromatic carbocycles. The van der Waals surface area contributed by atoms with E-state index >= 15 is 0 Å². The predicted molar refractivity (Wildman–Crippen MR) is 107 cm³/mol. The van der Waals surface area contributed by atoms with Crippen LogP contribution in [0.4, 0.5) is 0 Å². The Bertz CT molecular complexity index is 330. The first-order valence-electron chi connectivity index (χ1n) is 10.2. The van der Waals surface area contributed by atoms with Crippen molar-refractivity contribution in [1.82, 2.24) is 0 Å². The molecule has 0 bridgehead atoms. The second-order valence-corrected chi connectivity index (χ2v) is 7.09. The molecule has 0 saturated carbocycles. The Morgan fingerprint density at radius 1 is 0.571 bits per heavy atom. The first-order valence-corrected chi connectivity index (χ1v) is 10.2. The summed E-state index contributed by atoms with van der Waals surface area (Å²) in [5.74, 6) is -3.60. The van der Waals surface area contributed by atoms with Crippen molar-refractivity contribution in [2.45, 2.75) is 99.3 Å². The van der Waals surface area contributed by atoms with Gasteiger partial charge in [-0.25, -0.2) is 0 Å². The van der Waals surface area contributed by atoms with Crippen molar-refractivity contribution in [2.75, 3.05) is 0 Å². The number of carbonyl (C=O) groups is 3. The molecule has 0 radical (unpaired) electrons. The van der Waals surface area contributed by atoms with Crippen molar-refractivity contribution in [2.24, 2.45) is 17.8 Å². The van der Waals surface area contributed by atoms with Crippen LogP contribution < -0.4 is 15.3 Å². The van der Waals surface area contributed by atoms with Gasteiger partial charge in [0.2, 0.25) is 0 Å². The average molecular weight is 398 g/mol. The van der Waals surface area contributed by atoms with Gasteiger partial charge in [0.15, 0.2) is 0 Å². The molecule has 28 heavy (non-hydrogen) atoms. The molecule has 0 aliphatic carbocycles. The fourth-order valence-electron chi connectivity index (χ4n) is 1.88. The molecule has 6 nitrogen and oxygen atoms in total. The van der Waals surface area contributed by atoms with Gasteiger partial charge in [-0.2, -0.15) is 0 Å². The van der Waals surface area contributed by atoms with Crippen LogP contribution in [0.15, 0.2) is 0 Å². The summed E-state index contributed by atoms with van der Waals surface area (Å²) in [5, 5.41) is 30.3. The Balaban J connectivity index is -0.000000152. The zero-order valence-corrected chi connectivity index (χ0v) is 18.6. The largest absolute Gasteiger partial charge is 3.00 e. The first-order chi connectivity index (χ1) is 12.5. The topological polar surface area (TPSA) is 120 Å². The SMILES string of the molecule is CCCCC(C)C(=O)[O-].CCCCC(C)C(=O)[O-].CCCCC(C)C(=O)[O-].[B+3]. The van der Waals surface area contributed by atoms with Crippen molar-refractivity contribution >= 4 is 26.3 Å². The Kier molecular flexibility index (Phi) is 28.6. The van der Waals surface area contributed by atoms with Crippen LogP contribution in [-0.2, 0) is 14.4 Å². The number of carboxylic acids is 3. The van der Waals surface area contributed by atoms with Gasteiger partial charge >= 0.3 is 8.41 Å². The van der Waals surface area contributed by atoms with Gasteiger partial charge in [-0.3, -0.25) is 0 Å². The van der Waals surface area contributed by atoms with Crippen molar-refractivity contribution < 1.29 is 29.7 Å². The summed E-state index contributed by atoms with van der Waals surface area (Å²) >= 11 is 0. The van der Waals surface area contributed by atoms with Crippen LogP contribution >= 0.6 is 0 Å². The van der Waals surface area contributed by atoms with Crippen LogP contribution in [0.5, 0.6) is 0 Å². The maximum Gasteiger partial charge on any atom is 3.00 e. The van der Waals surface area contributed by atoms with Gasteiger partial charge in [0.05, 0.1) is 0 Å². The second kappa shape index (κ2) is 23.5. The van der Waals surface area contributed by atoms with E-state index in [4.69, 9.17) is 0 Å². The first kappa shape index (κ1) is 34.0. The third kappa shape index (κ3) is 26.7.